The molecule has 0 saturated heterocycles. The van der Waals surface area contributed by atoms with Crippen molar-refractivity contribution in [3.8, 4) is 0 Å². The van der Waals surface area contributed by atoms with Crippen molar-refractivity contribution in [3.63, 3.8) is 0 Å². The van der Waals surface area contributed by atoms with Gasteiger partial charge in [-0.2, -0.15) is 0 Å². The van der Waals surface area contributed by atoms with Gasteiger partial charge in [-0.1, -0.05) is 23.7 Å². The van der Waals surface area contributed by atoms with Crippen molar-refractivity contribution in [1.29, 1.82) is 0 Å². The smallest absolute Gasteiger partial charge is 0.229 e. The fourth-order valence-corrected chi connectivity index (χ4v) is 2.57. The van der Waals surface area contributed by atoms with Gasteiger partial charge < -0.3 is 16.0 Å². The summed E-state index contributed by atoms with van der Waals surface area (Å²) in [6.07, 6.45) is 0.107. The highest BCUT2D eigenvalue weighted by molar-refractivity contribution is 6.30. The third-order valence-electron chi connectivity index (χ3n) is 3.65. The van der Waals surface area contributed by atoms with Gasteiger partial charge in [0.25, 0.3) is 0 Å². The second-order valence-corrected chi connectivity index (χ2v) is 5.81. The Hall–Kier alpha value is -2.53. The van der Waals surface area contributed by atoms with E-state index in [0.29, 0.717) is 17.3 Å². The van der Waals surface area contributed by atoms with Crippen molar-refractivity contribution in [2.24, 2.45) is 5.92 Å². The summed E-state index contributed by atoms with van der Waals surface area (Å²) in [6, 6.07) is 14.3. The number of anilines is 3. The lowest BCUT2D eigenvalue weighted by Crippen LogP contribution is -2.30. The molecule has 0 aromatic heterocycles. The highest BCUT2D eigenvalue weighted by Crippen LogP contribution is 2.25. The zero-order valence-electron chi connectivity index (χ0n) is 12.3. The normalized spacial score (nSPS) is 16.6. The second kappa shape index (κ2) is 6.71. The molecule has 118 valence electrons. The Morgan fingerprint density at radius 3 is 2.57 bits per heavy atom. The quantitative estimate of drug-likeness (QED) is 0.808. The Morgan fingerprint density at radius 1 is 1.13 bits per heavy atom. The molecule has 1 heterocycles. The van der Waals surface area contributed by atoms with E-state index in [4.69, 9.17) is 11.6 Å². The minimum atomic E-state index is -0.435. The van der Waals surface area contributed by atoms with Crippen LogP contribution >= 0.6 is 11.6 Å². The van der Waals surface area contributed by atoms with E-state index in [1.807, 2.05) is 24.3 Å². The Labute approximate surface area is 139 Å². The van der Waals surface area contributed by atoms with Gasteiger partial charge in [0, 0.05) is 23.7 Å². The van der Waals surface area contributed by atoms with Crippen molar-refractivity contribution in [3.05, 3.63) is 53.6 Å². The van der Waals surface area contributed by atoms with Crippen LogP contribution in [-0.4, -0.2) is 18.4 Å². The Bertz CT molecular complexity index is 731. The lowest BCUT2D eigenvalue weighted by molar-refractivity contribution is -0.124. The first-order chi connectivity index (χ1) is 11.1. The zero-order chi connectivity index (χ0) is 16.2. The van der Waals surface area contributed by atoms with Gasteiger partial charge in [0.2, 0.25) is 11.8 Å². The van der Waals surface area contributed by atoms with E-state index in [1.165, 1.54) is 0 Å². The number of hydrogen-bond acceptors (Lipinski definition) is 3. The van der Waals surface area contributed by atoms with E-state index in [9.17, 15) is 9.59 Å². The molecule has 1 aliphatic heterocycles. The molecule has 0 radical (unpaired) electrons. The summed E-state index contributed by atoms with van der Waals surface area (Å²) in [7, 11) is 0. The SMILES string of the molecule is O=C(CC1CNc2ccccc2NC1=O)Nc1ccc(Cl)cc1. The first-order valence-electron chi connectivity index (χ1n) is 7.31. The van der Waals surface area contributed by atoms with Crippen molar-refractivity contribution >= 4 is 40.5 Å². The number of nitrogens with one attached hydrogen (secondary N) is 3. The van der Waals surface area contributed by atoms with E-state index in [2.05, 4.69) is 16.0 Å². The Balaban J connectivity index is 1.63. The van der Waals surface area contributed by atoms with Crippen LogP contribution in [0.5, 0.6) is 0 Å². The molecule has 6 heteroatoms. The van der Waals surface area contributed by atoms with Crippen LogP contribution in [0.2, 0.25) is 5.02 Å². The molecule has 2 amide bonds. The Kier molecular flexibility index (Phi) is 4.48. The van der Waals surface area contributed by atoms with Gasteiger partial charge in [0.1, 0.15) is 0 Å². The average molecular weight is 330 g/mol. The van der Waals surface area contributed by atoms with Gasteiger partial charge in [0.05, 0.1) is 17.3 Å². The average Bonchev–Trinajstić information content (AvgIpc) is 2.69. The van der Waals surface area contributed by atoms with Gasteiger partial charge >= 0.3 is 0 Å². The molecule has 3 rings (SSSR count). The molecule has 2 aromatic rings. The molecule has 0 aliphatic carbocycles. The Morgan fingerprint density at radius 2 is 1.83 bits per heavy atom. The van der Waals surface area contributed by atoms with Crippen LogP contribution in [0.3, 0.4) is 0 Å². The minimum absolute atomic E-state index is 0.107. The molecule has 3 N–H and O–H groups in total. The van der Waals surface area contributed by atoms with Crippen LogP contribution in [0.4, 0.5) is 17.1 Å². The third kappa shape index (κ3) is 3.81. The number of para-hydroxylation sites is 2. The summed E-state index contributed by atoms with van der Waals surface area (Å²) in [5.74, 6) is -0.802. The maximum Gasteiger partial charge on any atom is 0.229 e. The summed E-state index contributed by atoms with van der Waals surface area (Å²) in [6.45, 7) is 0.414. The summed E-state index contributed by atoms with van der Waals surface area (Å²) < 4.78 is 0. The van der Waals surface area contributed by atoms with Crippen molar-refractivity contribution in [2.45, 2.75) is 6.42 Å². The number of halogens is 1. The van der Waals surface area contributed by atoms with E-state index in [-0.39, 0.29) is 18.2 Å². The summed E-state index contributed by atoms with van der Waals surface area (Å²) in [5.41, 5.74) is 2.25. The van der Waals surface area contributed by atoms with Crippen LogP contribution in [-0.2, 0) is 9.59 Å². The van der Waals surface area contributed by atoms with Crippen LogP contribution in [0, 0.1) is 5.92 Å². The van der Waals surface area contributed by atoms with Gasteiger partial charge in [0.15, 0.2) is 0 Å². The lowest BCUT2D eigenvalue weighted by atomic mass is 10.0. The maximum absolute atomic E-state index is 12.3. The van der Waals surface area contributed by atoms with E-state index >= 15 is 0 Å². The molecule has 1 unspecified atom stereocenters. The van der Waals surface area contributed by atoms with Crippen LogP contribution in [0.15, 0.2) is 48.5 Å². The summed E-state index contributed by atoms with van der Waals surface area (Å²) in [4.78, 5) is 24.4. The number of rotatable bonds is 3. The van der Waals surface area contributed by atoms with E-state index < -0.39 is 5.92 Å². The predicted molar refractivity (Wildman–Crippen MR) is 91.8 cm³/mol. The largest absolute Gasteiger partial charge is 0.383 e. The number of amides is 2. The molecule has 23 heavy (non-hydrogen) atoms. The van der Waals surface area contributed by atoms with Crippen LogP contribution < -0.4 is 16.0 Å². The second-order valence-electron chi connectivity index (χ2n) is 5.37. The molecular formula is C17H16ClN3O2. The van der Waals surface area contributed by atoms with E-state index in [0.717, 1.165) is 11.4 Å². The van der Waals surface area contributed by atoms with Crippen molar-refractivity contribution < 1.29 is 9.59 Å². The molecule has 2 aromatic carbocycles. The number of benzene rings is 2. The minimum Gasteiger partial charge on any atom is -0.383 e. The molecule has 0 fully saturated rings. The highest BCUT2D eigenvalue weighted by Gasteiger charge is 2.25. The molecule has 1 aliphatic rings. The molecule has 0 spiro atoms. The van der Waals surface area contributed by atoms with Crippen molar-refractivity contribution in [1.82, 2.24) is 0 Å². The lowest BCUT2D eigenvalue weighted by Gasteiger charge is -2.13. The van der Waals surface area contributed by atoms with Crippen LogP contribution in [0.25, 0.3) is 0 Å². The fraction of sp³-hybridized carbons (Fsp3) is 0.176. The zero-order valence-corrected chi connectivity index (χ0v) is 13.1. The summed E-state index contributed by atoms with van der Waals surface area (Å²) in [5, 5.41) is 9.43. The molecular weight excluding hydrogens is 314 g/mol. The monoisotopic (exact) mass is 329 g/mol. The summed E-state index contributed by atoms with van der Waals surface area (Å²) >= 11 is 5.81. The highest BCUT2D eigenvalue weighted by atomic mass is 35.5. The molecule has 0 saturated carbocycles. The number of carbonyl (C=O) groups excluding carboxylic acids is 2. The molecule has 5 nitrogen and oxygen atoms in total. The fourth-order valence-electron chi connectivity index (χ4n) is 2.44. The van der Waals surface area contributed by atoms with Crippen molar-refractivity contribution in [2.75, 3.05) is 22.5 Å². The first kappa shape index (κ1) is 15.4. The van der Waals surface area contributed by atoms with Gasteiger partial charge in [-0.3, -0.25) is 9.59 Å². The topological polar surface area (TPSA) is 70.2 Å². The predicted octanol–water partition coefficient (Wildman–Crippen LogP) is 3.35. The van der Waals surface area contributed by atoms with Crippen LogP contribution in [0.1, 0.15) is 6.42 Å². The number of hydrogen-bond donors (Lipinski definition) is 3. The number of fused-ring (bicyclic) bond motifs is 1. The van der Waals surface area contributed by atoms with Gasteiger partial charge in [-0.15, -0.1) is 0 Å². The van der Waals surface area contributed by atoms with Gasteiger partial charge in [-0.05, 0) is 36.4 Å². The third-order valence-corrected chi connectivity index (χ3v) is 3.91. The van der Waals surface area contributed by atoms with Gasteiger partial charge in [-0.25, -0.2) is 0 Å². The molecule has 0 bridgehead atoms. The van der Waals surface area contributed by atoms with E-state index in [1.54, 1.807) is 24.3 Å². The molecule has 1 atom stereocenters. The first-order valence-corrected chi connectivity index (χ1v) is 7.69. The number of carbonyl (C=O) groups is 2. The standard InChI is InChI=1S/C17H16ClN3O2/c18-12-5-7-13(8-6-12)20-16(22)9-11-10-19-14-3-1-2-4-15(14)21-17(11)23/h1-8,11,19H,9-10H2,(H,20,22)(H,21,23). The maximum atomic E-state index is 12.3.